The largest absolute Gasteiger partial charge is 0.425 e. The van der Waals surface area contributed by atoms with Crippen LogP contribution in [0.4, 0.5) is 18.9 Å². The third kappa shape index (κ3) is 3.48. The minimum absolute atomic E-state index is 0.0378. The first-order chi connectivity index (χ1) is 9.00. The SMILES string of the molecule is OCCn1cc(NCc2ccsc2C(F)(F)F)cn1. The fourth-order valence-corrected chi connectivity index (χ4v) is 2.39. The number of hydrogen-bond donors (Lipinski definition) is 2. The topological polar surface area (TPSA) is 50.1 Å². The number of alkyl halides is 3. The Morgan fingerprint density at radius 2 is 2.21 bits per heavy atom. The second-order valence-corrected chi connectivity index (χ2v) is 4.76. The van der Waals surface area contributed by atoms with Crippen molar-refractivity contribution in [2.75, 3.05) is 11.9 Å². The van der Waals surface area contributed by atoms with E-state index in [-0.39, 0.29) is 18.7 Å². The predicted octanol–water partition coefficient (Wildman–Crippen LogP) is 2.57. The molecule has 0 saturated carbocycles. The highest BCUT2D eigenvalue weighted by molar-refractivity contribution is 7.10. The molecule has 8 heteroatoms. The summed E-state index contributed by atoms with van der Waals surface area (Å²) in [7, 11) is 0. The molecule has 19 heavy (non-hydrogen) atoms. The average molecular weight is 291 g/mol. The summed E-state index contributed by atoms with van der Waals surface area (Å²) in [6, 6.07) is 1.46. The number of thiophene rings is 1. The molecule has 0 saturated heterocycles. The van der Waals surface area contributed by atoms with Crippen molar-refractivity contribution in [3.8, 4) is 0 Å². The van der Waals surface area contributed by atoms with Gasteiger partial charge in [0.05, 0.1) is 25.0 Å². The third-order valence-corrected chi connectivity index (χ3v) is 3.45. The van der Waals surface area contributed by atoms with E-state index in [1.54, 1.807) is 6.20 Å². The molecule has 0 spiro atoms. The molecule has 104 valence electrons. The van der Waals surface area contributed by atoms with E-state index < -0.39 is 11.1 Å². The molecule has 0 aliphatic carbocycles. The van der Waals surface area contributed by atoms with E-state index in [1.807, 2.05) is 0 Å². The van der Waals surface area contributed by atoms with Crippen LogP contribution in [0.3, 0.4) is 0 Å². The van der Waals surface area contributed by atoms with Crippen molar-refractivity contribution in [2.45, 2.75) is 19.3 Å². The average Bonchev–Trinajstić information content (AvgIpc) is 2.94. The highest BCUT2D eigenvalue weighted by Crippen LogP contribution is 2.36. The maximum Gasteiger partial charge on any atom is 0.425 e. The van der Waals surface area contributed by atoms with Crippen molar-refractivity contribution >= 4 is 17.0 Å². The lowest BCUT2D eigenvalue weighted by Gasteiger charge is -2.08. The maximum absolute atomic E-state index is 12.7. The van der Waals surface area contributed by atoms with Gasteiger partial charge in [0.1, 0.15) is 4.88 Å². The number of nitrogens with zero attached hydrogens (tertiary/aromatic N) is 2. The van der Waals surface area contributed by atoms with Gasteiger partial charge >= 0.3 is 6.18 Å². The Labute approximate surface area is 111 Å². The summed E-state index contributed by atoms with van der Waals surface area (Å²) in [6.45, 7) is 0.404. The van der Waals surface area contributed by atoms with Crippen LogP contribution in [-0.4, -0.2) is 21.5 Å². The lowest BCUT2D eigenvalue weighted by molar-refractivity contribution is -0.134. The first kappa shape index (κ1) is 13.9. The van der Waals surface area contributed by atoms with Crippen LogP contribution in [0.5, 0.6) is 0 Å². The van der Waals surface area contributed by atoms with E-state index >= 15 is 0 Å². The summed E-state index contributed by atoms with van der Waals surface area (Å²) in [5.74, 6) is 0. The smallest absolute Gasteiger partial charge is 0.394 e. The van der Waals surface area contributed by atoms with Crippen LogP contribution in [-0.2, 0) is 19.3 Å². The molecular formula is C11H12F3N3OS. The highest BCUT2D eigenvalue weighted by atomic mass is 32.1. The Hall–Kier alpha value is -1.54. The standard InChI is InChI=1S/C11H12F3N3OS/c12-11(13,14)10-8(1-4-19-10)5-15-9-6-16-17(7-9)2-3-18/h1,4,6-7,15,18H,2-3,5H2. The normalized spacial score (nSPS) is 11.8. The zero-order chi connectivity index (χ0) is 13.9. The van der Waals surface area contributed by atoms with Crippen LogP contribution in [0, 0.1) is 0 Å². The lowest BCUT2D eigenvalue weighted by Crippen LogP contribution is -2.08. The second kappa shape index (κ2) is 5.62. The third-order valence-electron chi connectivity index (χ3n) is 2.45. The molecular weight excluding hydrogens is 279 g/mol. The molecule has 4 nitrogen and oxygen atoms in total. The van der Waals surface area contributed by atoms with Gasteiger partial charge in [0, 0.05) is 12.7 Å². The number of aliphatic hydroxyl groups is 1. The number of aliphatic hydroxyl groups excluding tert-OH is 1. The molecule has 2 rings (SSSR count). The van der Waals surface area contributed by atoms with Gasteiger partial charge in [0.2, 0.25) is 0 Å². The minimum Gasteiger partial charge on any atom is -0.394 e. The summed E-state index contributed by atoms with van der Waals surface area (Å²) in [5, 5.41) is 17.0. The summed E-state index contributed by atoms with van der Waals surface area (Å²) >= 11 is 0.686. The van der Waals surface area contributed by atoms with Crippen molar-refractivity contribution in [3.05, 3.63) is 34.3 Å². The Bertz CT molecular complexity index is 535. The van der Waals surface area contributed by atoms with Crippen LogP contribution >= 0.6 is 11.3 Å². The molecule has 0 radical (unpaired) electrons. The molecule has 0 aromatic carbocycles. The quantitative estimate of drug-likeness (QED) is 0.890. The van der Waals surface area contributed by atoms with Gasteiger partial charge in [0.25, 0.3) is 0 Å². The van der Waals surface area contributed by atoms with Crippen molar-refractivity contribution in [2.24, 2.45) is 0 Å². The number of anilines is 1. The van der Waals surface area contributed by atoms with Gasteiger partial charge in [-0.1, -0.05) is 0 Å². The van der Waals surface area contributed by atoms with E-state index in [4.69, 9.17) is 5.11 Å². The zero-order valence-electron chi connectivity index (χ0n) is 9.81. The van der Waals surface area contributed by atoms with E-state index in [1.165, 1.54) is 22.3 Å². The molecule has 2 heterocycles. The Morgan fingerprint density at radius 3 is 2.89 bits per heavy atom. The molecule has 0 amide bonds. The van der Waals surface area contributed by atoms with Crippen LogP contribution in [0.15, 0.2) is 23.8 Å². The summed E-state index contributed by atoms with van der Waals surface area (Å²) in [5.41, 5.74) is 0.834. The van der Waals surface area contributed by atoms with Gasteiger partial charge in [-0.3, -0.25) is 4.68 Å². The Morgan fingerprint density at radius 1 is 1.42 bits per heavy atom. The van der Waals surface area contributed by atoms with Crippen LogP contribution in [0.1, 0.15) is 10.4 Å². The molecule has 0 aliphatic heterocycles. The molecule has 0 unspecified atom stereocenters. The van der Waals surface area contributed by atoms with E-state index in [0.29, 0.717) is 23.6 Å². The lowest BCUT2D eigenvalue weighted by atomic mass is 10.2. The predicted molar refractivity (Wildman–Crippen MR) is 66.0 cm³/mol. The fraction of sp³-hybridized carbons (Fsp3) is 0.364. The van der Waals surface area contributed by atoms with Gasteiger partial charge in [-0.25, -0.2) is 0 Å². The fourth-order valence-electron chi connectivity index (χ4n) is 1.60. The first-order valence-corrected chi connectivity index (χ1v) is 6.39. The van der Waals surface area contributed by atoms with Gasteiger partial charge < -0.3 is 10.4 Å². The first-order valence-electron chi connectivity index (χ1n) is 5.51. The molecule has 2 aromatic heterocycles. The molecule has 2 aromatic rings. The minimum atomic E-state index is -4.31. The van der Waals surface area contributed by atoms with Crippen LogP contribution in [0.25, 0.3) is 0 Å². The van der Waals surface area contributed by atoms with E-state index in [0.717, 1.165) is 0 Å². The van der Waals surface area contributed by atoms with Crippen molar-refractivity contribution in [1.29, 1.82) is 0 Å². The maximum atomic E-state index is 12.7. The van der Waals surface area contributed by atoms with Crippen LogP contribution < -0.4 is 5.32 Å². The Balaban J connectivity index is 2.00. The van der Waals surface area contributed by atoms with Gasteiger partial charge in [-0.2, -0.15) is 18.3 Å². The Kier molecular flexibility index (Phi) is 4.11. The molecule has 0 fully saturated rings. The molecule has 0 aliphatic rings. The van der Waals surface area contributed by atoms with Crippen LogP contribution in [0.2, 0.25) is 0 Å². The van der Waals surface area contributed by atoms with E-state index in [2.05, 4.69) is 10.4 Å². The number of rotatable bonds is 5. The number of aromatic nitrogens is 2. The molecule has 2 N–H and O–H groups in total. The number of nitrogens with one attached hydrogen (secondary N) is 1. The van der Waals surface area contributed by atoms with Gasteiger partial charge in [-0.15, -0.1) is 11.3 Å². The van der Waals surface area contributed by atoms with Gasteiger partial charge in [0.15, 0.2) is 0 Å². The number of hydrogen-bond acceptors (Lipinski definition) is 4. The molecule has 0 atom stereocenters. The summed E-state index contributed by atoms with van der Waals surface area (Å²) in [6.07, 6.45) is -1.17. The second-order valence-electron chi connectivity index (χ2n) is 3.84. The van der Waals surface area contributed by atoms with Crippen molar-refractivity contribution in [1.82, 2.24) is 9.78 Å². The summed E-state index contributed by atoms with van der Waals surface area (Å²) < 4.78 is 39.5. The summed E-state index contributed by atoms with van der Waals surface area (Å²) in [4.78, 5) is -0.581. The monoisotopic (exact) mass is 291 g/mol. The van der Waals surface area contributed by atoms with Gasteiger partial charge in [-0.05, 0) is 17.0 Å². The van der Waals surface area contributed by atoms with Crippen molar-refractivity contribution < 1.29 is 18.3 Å². The highest BCUT2D eigenvalue weighted by Gasteiger charge is 2.34. The number of halogens is 3. The van der Waals surface area contributed by atoms with E-state index in [9.17, 15) is 13.2 Å². The zero-order valence-corrected chi connectivity index (χ0v) is 10.6. The van der Waals surface area contributed by atoms with Crippen molar-refractivity contribution in [3.63, 3.8) is 0 Å². The molecule has 0 bridgehead atoms.